The van der Waals surface area contributed by atoms with Crippen LogP contribution in [0.4, 0.5) is 0 Å². The molecular weight excluding hydrogens is 562 g/mol. The van der Waals surface area contributed by atoms with Crippen molar-refractivity contribution in [3.05, 3.63) is 23.8 Å². The molecule has 1 amide bonds. The molecule has 9 nitrogen and oxygen atoms in total. The number of aliphatic hydroxyl groups excluding tert-OH is 3. The molecule has 44 heavy (non-hydrogen) atoms. The molecule has 254 valence electrons. The van der Waals surface area contributed by atoms with Crippen molar-refractivity contribution in [1.82, 2.24) is 5.32 Å². The van der Waals surface area contributed by atoms with E-state index < -0.39 is 36.3 Å². The van der Waals surface area contributed by atoms with Crippen LogP contribution in [-0.4, -0.2) is 77.7 Å². The highest BCUT2D eigenvalue weighted by Crippen LogP contribution is 2.22. The van der Waals surface area contributed by atoms with Gasteiger partial charge in [-0.25, -0.2) is 0 Å². The highest BCUT2D eigenvalue weighted by Gasteiger charge is 2.27. The average molecular weight is 624 g/mol. The number of hydrogen-bond donors (Lipinski definition) is 4. The number of ether oxygens (including phenoxy) is 2. The number of carbonyl (C=O) groups is 3. The molecule has 1 heterocycles. The molecule has 7 atom stereocenters. The molecule has 1 aliphatic rings. The third-order valence-corrected chi connectivity index (χ3v) is 8.49. The molecule has 0 saturated carbocycles. The zero-order valence-electron chi connectivity index (χ0n) is 28.0. The Kier molecular flexibility index (Phi) is 21.2. The Hall–Kier alpha value is -2.07. The third-order valence-electron chi connectivity index (χ3n) is 8.49. The lowest BCUT2D eigenvalue weighted by Gasteiger charge is -2.23. The maximum atomic E-state index is 12.8. The second-order valence-corrected chi connectivity index (χ2v) is 12.8. The van der Waals surface area contributed by atoms with Gasteiger partial charge in [-0.3, -0.25) is 14.4 Å². The molecule has 1 aliphatic heterocycles. The average Bonchev–Trinajstić information content (AvgIpc) is 2.98. The summed E-state index contributed by atoms with van der Waals surface area (Å²) in [5, 5.41) is 34.1. The van der Waals surface area contributed by atoms with Gasteiger partial charge in [0.1, 0.15) is 5.78 Å². The number of rotatable bonds is 5. The summed E-state index contributed by atoms with van der Waals surface area (Å²) in [5.74, 6) is -0.318. The predicted molar refractivity (Wildman–Crippen MR) is 173 cm³/mol. The number of allylic oxidation sites excluding steroid dienone is 3. The van der Waals surface area contributed by atoms with Crippen LogP contribution >= 0.6 is 0 Å². The Balaban J connectivity index is 2.96. The molecule has 1 rings (SSSR count). The van der Waals surface area contributed by atoms with Gasteiger partial charge in [0.05, 0.1) is 30.8 Å². The number of nitrogens with one attached hydrogen (secondary N) is 1. The Bertz CT molecular complexity index is 888. The van der Waals surface area contributed by atoms with E-state index in [9.17, 15) is 29.7 Å². The predicted octanol–water partition coefficient (Wildman–Crippen LogP) is 5.20. The molecule has 9 heteroatoms. The number of Topliss-reactive ketones (excluding diaryl/α,β-unsaturated/α-hetero) is 1. The van der Waals surface area contributed by atoms with Gasteiger partial charge in [-0.2, -0.15) is 0 Å². The van der Waals surface area contributed by atoms with Crippen molar-refractivity contribution in [3.63, 3.8) is 0 Å². The summed E-state index contributed by atoms with van der Waals surface area (Å²) < 4.78 is 10.9. The fourth-order valence-electron chi connectivity index (χ4n) is 5.63. The van der Waals surface area contributed by atoms with Gasteiger partial charge in [0.25, 0.3) is 5.91 Å². The minimum Gasteiger partial charge on any atom is -0.452 e. The van der Waals surface area contributed by atoms with Gasteiger partial charge in [0.2, 0.25) is 0 Å². The Morgan fingerprint density at radius 1 is 0.932 bits per heavy atom. The van der Waals surface area contributed by atoms with Crippen LogP contribution in [0.2, 0.25) is 0 Å². The summed E-state index contributed by atoms with van der Waals surface area (Å²) in [6, 6.07) is 0. The fourth-order valence-corrected chi connectivity index (χ4v) is 5.63. The van der Waals surface area contributed by atoms with Crippen LogP contribution in [0.15, 0.2) is 23.8 Å². The third kappa shape index (κ3) is 17.4. The monoisotopic (exact) mass is 623 g/mol. The second kappa shape index (κ2) is 23.3. The summed E-state index contributed by atoms with van der Waals surface area (Å²) in [7, 11) is 1.61. The zero-order chi connectivity index (χ0) is 32.9. The standard InChI is InChI=1S/C35H61NO8/c1-6-12-33-34(41)36-23-30(38)22-32(40)31(39)20-19-28(24-43-5)16-10-14-27(7-2)15-11-18-29(37)17-9-8-13-25(3)21-26(4)35(42)44-33/h10,14,16,25-27,30-33,38-40H,6-9,11-13,15,17-24H2,1-5H3,(H,36,41)/b14-10+,28-16-/t25-,26+,27+,30+,31-,32+,33-/m1/s1. The van der Waals surface area contributed by atoms with Gasteiger partial charge in [-0.15, -0.1) is 0 Å². The first kappa shape index (κ1) is 40.0. The molecule has 0 saturated heterocycles. The van der Waals surface area contributed by atoms with Gasteiger partial charge in [-0.1, -0.05) is 65.2 Å². The van der Waals surface area contributed by atoms with Gasteiger partial charge >= 0.3 is 5.97 Å². The van der Waals surface area contributed by atoms with Crippen LogP contribution in [0.25, 0.3) is 0 Å². The van der Waals surface area contributed by atoms with Crippen molar-refractivity contribution < 1.29 is 39.2 Å². The molecule has 0 aromatic rings. The zero-order valence-corrected chi connectivity index (χ0v) is 28.0. The summed E-state index contributed by atoms with van der Waals surface area (Å²) in [6.07, 6.45) is 10.9. The van der Waals surface area contributed by atoms with Crippen molar-refractivity contribution >= 4 is 17.7 Å². The summed E-state index contributed by atoms with van der Waals surface area (Å²) in [4.78, 5) is 38.1. The van der Waals surface area contributed by atoms with E-state index in [0.29, 0.717) is 56.8 Å². The number of β-amino-alcohol motifs (C(OH)–C–C–N with tert-alkyl or cyclic N) is 1. The first-order chi connectivity index (χ1) is 21.0. The number of amides is 1. The first-order valence-corrected chi connectivity index (χ1v) is 16.9. The number of ketones is 1. The minimum atomic E-state index is -1.17. The van der Waals surface area contributed by atoms with Crippen molar-refractivity contribution in [2.24, 2.45) is 17.8 Å². The lowest BCUT2D eigenvalue weighted by Crippen LogP contribution is -2.43. The molecule has 0 fully saturated rings. The molecule has 0 bridgehead atoms. The molecule has 4 N–H and O–H groups in total. The second-order valence-electron chi connectivity index (χ2n) is 12.8. The van der Waals surface area contributed by atoms with Gasteiger partial charge < -0.3 is 30.1 Å². The number of esters is 1. The molecular formula is C35H61NO8. The van der Waals surface area contributed by atoms with Gasteiger partial charge in [0, 0.05) is 32.9 Å². The maximum absolute atomic E-state index is 12.8. The molecule has 0 radical (unpaired) electrons. The largest absolute Gasteiger partial charge is 0.452 e. The summed E-state index contributed by atoms with van der Waals surface area (Å²) >= 11 is 0. The highest BCUT2D eigenvalue weighted by atomic mass is 16.5. The fraction of sp³-hybridized carbons (Fsp3) is 0.800. The normalized spacial score (nSPS) is 32.8. The van der Waals surface area contributed by atoms with Crippen LogP contribution in [0.3, 0.4) is 0 Å². The van der Waals surface area contributed by atoms with Crippen LogP contribution < -0.4 is 5.32 Å². The smallest absolute Gasteiger partial charge is 0.309 e. The molecule has 0 aliphatic carbocycles. The molecule has 0 aromatic heterocycles. The highest BCUT2D eigenvalue weighted by molar-refractivity contribution is 5.84. The lowest BCUT2D eigenvalue weighted by molar-refractivity contribution is -0.160. The molecule has 0 spiro atoms. The van der Waals surface area contributed by atoms with Gasteiger partial charge in [0.15, 0.2) is 6.10 Å². The summed E-state index contributed by atoms with van der Waals surface area (Å²) in [5.41, 5.74) is 0.973. The van der Waals surface area contributed by atoms with Gasteiger partial charge in [-0.05, 0) is 68.8 Å². The summed E-state index contributed by atoms with van der Waals surface area (Å²) in [6.45, 7) is 8.21. The Morgan fingerprint density at radius 2 is 1.66 bits per heavy atom. The van der Waals surface area contributed by atoms with Crippen molar-refractivity contribution in [2.75, 3.05) is 20.3 Å². The van der Waals surface area contributed by atoms with E-state index in [1.807, 2.05) is 26.0 Å². The molecule has 0 aromatic carbocycles. The number of cyclic esters (lactones) is 1. The quantitative estimate of drug-likeness (QED) is 0.306. The van der Waals surface area contributed by atoms with E-state index in [1.54, 1.807) is 7.11 Å². The van der Waals surface area contributed by atoms with E-state index in [-0.39, 0.29) is 31.2 Å². The van der Waals surface area contributed by atoms with Crippen LogP contribution in [0, 0.1) is 17.8 Å². The van der Waals surface area contributed by atoms with Crippen LogP contribution in [0.1, 0.15) is 118 Å². The van der Waals surface area contributed by atoms with E-state index in [2.05, 4.69) is 25.2 Å². The number of methoxy groups -OCH3 is 1. The van der Waals surface area contributed by atoms with Crippen LogP contribution in [-0.2, 0) is 23.9 Å². The van der Waals surface area contributed by atoms with Crippen LogP contribution in [0.5, 0.6) is 0 Å². The maximum Gasteiger partial charge on any atom is 0.309 e. The van der Waals surface area contributed by atoms with Crippen molar-refractivity contribution in [1.29, 1.82) is 0 Å². The van der Waals surface area contributed by atoms with E-state index in [4.69, 9.17) is 9.47 Å². The van der Waals surface area contributed by atoms with E-state index >= 15 is 0 Å². The van der Waals surface area contributed by atoms with Crippen molar-refractivity contribution in [2.45, 2.75) is 142 Å². The lowest BCUT2D eigenvalue weighted by atomic mass is 9.92. The number of hydrogen-bond acceptors (Lipinski definition) is 8. The molecule has 0 unspecified atom stereocenters. The van der Waals surface area contributed by atoms with Crippen molar-refractivity contribution in [3.8, 4) is 0 Å². The van der Waals surface area contributed by atoms with E-state index in [1.165, 1.54) is 0 Å². The topological polar surface area (TPSA) is 142 Å². The SMILES string of the molecule is CCC[C@H]1OC(=O)[C@@H](C)C[C@H](C)CCCCC(=O)CCC[C@@H](CC)/C=C/C=C(\COC)CC[C@@H](O)[C@@H](O)C[C@H](O)CNC1=O. The Morgan fingerprint density at radius 3 is 2.34 bits per heavy atom. The Labute approximate surface area is 265 Å². The minimum absolute atomic E-state index is 0.113. The first-order valence-electron chi connectivity index (χ1n) is 16.9. The van der Waals surface area contributed by atoms with E-state index in [0.717, 1.165) is 44.1 Å². The number of carbonyl (C=O) groups excluding carboxylic acids is 3. The number of aliphatic hydroxyl groups is 3.